The van der Waals surface area contributed by atoms with E-state index in [0.29, 0.717) is 29.7 Å². The average molecular weight is 635 g/mol. The van der Waals surface area contributed by atoms with Crippen LogP contribution >= 0.6 is 0 Å². The van der Waals surface area contributed by atoms with Crippen molar-refractivity contribution >= 4 is 28.8 Å². The van der Waals surface area contributed by atoms with Gasteiger partial charge in [0.25, 0.3) is 0 Å². The Morgan fingerprint density at radius 1 is 1.07 bits per heavy atom. The maximum Gasteiger partial charge on any atom is 0.351 e. The number of hydrogen-bond donors (Lipinski definition) is 9. The average Bonchev–Trinajstić information content (AvgIpc) is 3.68. The number of carboxylic acids is 1. The number of nitrogen functional groups attached to an aromatic ring is 2. The smallest absolute Gasteiger partial charge is 0.351 e. The molecule has 45 heavy (non-hydrogen) atoms. The molecule has 0 bridgehead atoms. The van der Waals surface area contributed by atoms with E-state index >= 15 is 0 Å². The second-order valence-electron chi connectivity index (χ2n) is 11.3. The predicted molar refractivity (Wildman–Crippen MR) is 155 cm³/mol. The normalized spacial score (nSPS) is 28.1. The lowest BCUT2D eigenvalue weighted by molar-refractivity contribution is -0.138. The first-order valence-corrected chi connectivity index (χ1v) is 14.4. The number of hydrogen-bond acceptors (Lipinski definition) is 16. The topological polar surface area (TPSA) is 305 Å². The summed E-state index contributed by atoms with van der Waals surface area (Å²) in [6.45, 7) is 0.0390. The molecular weight excluding hydrogens is 596 g/mol. The minimum absolute atomic E-state index is 0.0111. The van der Waals surface area contributed by atoms with Crippen molar-refractivity contribution in [2.45, 2.75) is 81.2 Å². The second-order valence-corrected chi connectivity index (χ2v) is 11.3. The molecule has 19 heteroatoms. The molecule has 5 heterocycles. The number of carboxylic acid groups (broad SMARTS) is 1. The Hall–Kier alpha value is -3.82. The Morgan fingerprint density at radius 3 is 2.56 bits per heavy atom. The molecule has 9 atom stereocenters. The van der Waals surface area contributed by atoms with Gasteiger partial charge in [0.2, 0.25) is 0 Å². The number of nitrogens with zero attached hydrogens (tertiary/aromatic N) is 6. The molecule has 246 valence electrons. The van der Waals surface area contributed by atoms with E-state index in [1.54, 1.807) is 0 Å². The van der Waals surface area contributed by atoms with Crippen LogP contribution in [0.15, 0.2) is 23.6 Å². The van der Waals surface area contributed by atoms with Crippen molar-refractivity contribution in [1.29, 1.82) is 0 Å². The van der Waals surface area contributed by atoms with Crippen molar-refractivity contribution in [1.82, 2.24) is 34.4 Å². The third kappa shape index (κ3) is 6.89. The van der Waals surface area contributed by atoms with Crippen molar-refractivity contribution in [2.24, 2.45) is 11.7 Å². The summed E-state index contributed by atoms with van der Waals surface area (Å²) in [6.07, 6.45) is -2.18. The van der Waals surface area contributed by atoms with Crippen LogP contribution in [0.4, 0.5) is 11.6 Å². The number of aliphatic carboxylic acids is 1. The molecule has 5 rings (SSSR count). The molecule has 2 aliphatic rings. The third-order valence-corrected chi connectivity index (χ3v) is 8.27. The highest BCUT2D eigenvalue weighted by atomic mass is 16.6. The van der Waals surface area contributed by atoms with Gasteiger partial charge in [-0.25, -0.2) is 19.7 Å². The highest BCUT2D eigenvalue weighted by molar-refractivity contribution is 5.81. The fourth-order valence-corrected chi connectivity index (χ4v) is 5.71. The Bertz CT molecular complexity index is 1550. The van der Waals surface area contributed by atoms with Crippen LogP contribution < -0.4 is 28.2 Å². The Morgan fingerprint density at radius 2 is 1.84 bits per heavy atom. The molecular formula is C26H38N10O9. The number of anilines is 2. The number of aliphatic hydroxyl groups excluding tert-OH is 4. The van der Waals surface area contributed by atoms with Gasteiger partial charge < -0.3 is 57.5 Å². The fraction of sp³-hybridized carbons (Fsp3) is 0.615. The summed E-state index contributed by atoms with van der Waals surface area (Å²) in [7, 11) is 0. The number of rotatable bonds is 13. The van der Waals surface area contributed by atoms with Gasteiger partial charge in [-0.05, 0) is 31.7 Å². The molecule has 0 amide bonds. The van der Waals surface area contributed by atoms with E-state index in [1.165, 1.54) is 28.0 Å². The molecule has 2 fully saturated rings. The lowest BCUT2D eigenvalue weighted by Crippen LogP contribution is -2.36. The number of ether oxygens (including phenoxy) is 2. The maximum absolute atomic E-state index is 12.5. The maximum atomic E-state index is 12.5. The van der Waals surface area contributed by atoms with Crippen molar-refractivity contribution in [3.05, 3.63) is 34.9 Å². The van der Waals surface area contributed by atoms with Gasteiger partial charge >= 0.3 is 11.7 Å². The zero-order valence-corrected chi connectivity index (χ0v) is 24.2. The first kappa shape index (κ1) is 32.6. The molecule has 0 aromatic carbocycles. The van der Waals surface area contributed by atoms with Crippen molar-refractivity contribution in [3.63, 3.8) is 0 Å². The quantitative estimate of drug-likeness (QED) is 0.0893. The number of aromatic nitrogens is 6. The van der Waals surface area contributed by atoms with Crippen molar-refractivity contribution in [3.8, 4) is 0 Å². The summed E-state index contributed by atoms with van der Waals surface area (Å²) in [5.74, 6) is -1.29. The number of aliphatic hydroxyl groups is 4. The highest BCUT2D eigenvalue weighted by Gasteiger charge is 2.45. The van der Waals surface area contributed by atoms with Crippen LogP contribution in [0.25, 0.3) is 11.2 Å². The van der Waals surface area contributed by atoms with Crippen LogP contribution in [0.5, 0.6) is 0 Å². The first-order valence-electron chi connectivity index (χ1n) is 14.4. The van der Waals surface area contributed by atoms with Gasteiger partial charge in [-0.3, -0.25) is 13.9 Å². The van der Waals surface area contributed by atoms with Gasteiger partial charge in [0, 0.05) is 24.7 Å². The lowest BCUT2D eigenvalue weighted by Gasteiger charge is -2.24. The number of carbonyl (C=O) groups is 1. The van der Waals surface area contributed by atoms with E-state index in [0.717, 1.165) is 0 Å². The van der Waals surface area contributed by atoms with E-state index in [9.17, 15) is 35.1 Å². The van der Waals surface area contributed by atoms with E-state index in [-0.39, 0.29) is 43.4 Å². The van der Waals surface area contributed by atoms with Gasteiger partial charge in [0.1, 0.15) is 48.2 Å². The Kier molecular flexibility index (Phi) is 9.89. The summed E-state index contributed by atoms with van der Waals surface area (Å²) in [5.41, 5.74) is 18.1. The predicted octanol–water partition coefficient (Wildman–Crippen LogP) is -3.20. The molecule has 3 aromatic rings. The monoisotopic (exact) mass is 634 g/mol. The molecule has 2 aliphatic heterocycles. The van der Waals surface area contributed by atoms with Crippen LogP contribution in [0.1, 0.15) is 43.7 Å². The van der Waals surface area contributed by atoms with Gasteiger partial charge in [-0.15, -0.1) is 0 Å². The zero-order valence-electron chi connectivity index (χ0n) is 24.2. The summed E-state index contributed by atoms with van der Waals surface area (Å²) in [5, 5.41) is 53.8. The minimum Gasteiger partial charge on any atom is -0.480 e. The molecule has 0 aliphatic carbocycles. The number of nitrogens with two attached hydrogens (primary N) is 3. The van der Waals surface area contributed by atoms with Gasteiger partial charge in [0.15, 0.2) is 17.7 Å². The summed E-state index contributed by atoms with van der Waals surface area (Å²) in [6, 6.07) is -1.10. The molecule has 2 saturated heterocycles. The number of imidazole rings is 1. The molecule has 0 radical (unpaired) electrons. The lowest BCUT2D eigenvalue weighted by atomic mass is 9.92. The van der Waals surface area contributed by atoms with Gasteiger partial charge in [-0.1, -0.05) is 0 Å². The number of fused-ring (bicyclic) bond motifs is 1. The molecule has 19 nitrogen and oxygen atoms in total. The Balaban J connectivity index is 1.27. The SMILES string of the molecule is Nc1nc(=O)n([C@H]2C[C@H](O)[C@@H](CO)O2)cc1CNCC(CCC(N)C(=O)O)C[C@H]1O[C@@H](n2cnc3c(N)ncnc32)[C@H](O)[C@@H]1O. The van der Waals surface area contributed by atoms with Gasteiger partial charge in [0.05, 0.1) is 25.1 Å². The van der Waals surface area contributed by atoms with E-state index in [4.69, 9.17) is 26.7 Å². The summed E-state index contributed by atoms with van der Waals surface area (Å²) < 4.78 is 14.3. The summed E-state index contributed by atoms with van der Waals surface area (Å²) in [4.78, 5) is 40.0. The third-order valence-electron chi connectivity index (χ3n) is 8.27. The summed E-state index contributed by atoms with van der Waals surface area (Å²) >= 11 is 0. The van der Waals surface area contributed by atoms with Crippen molar-refractivity contribution < 1.29 is 39.8 Å². The molecule has 2 unspecified atom stereocenters. The molecule has 0 saturated carbocycles. The van der Waals surface area contributed by atoms with Crippen molar-refractivity contribution in [2.75, 3.05) is 24.6 Å². The van der Waals surface area contributed by atoms with E-state index in [1.807, 2.05) is 0 Å². The minimum atomic E-state index is -1.33. The standard InChI is InChI=1S/C26H38N10O9/c27-13(25(41)42)2-1-11(3-15-19(39)20(40)24(45-15)36-10-33-18-22(29)31-9-32-23(18)36)5-30-6-12-7-35(26(43)34-21(12)28)17-4-14(38)16(8-37)44-17/h7,9-11,13-17,19-20,24,30,37-40H,1-6,8,27H2,(H,41,42)(H2,28,34,43)(H2,29,31,32)/t11?,13?,14-,15+,16+,17+,19+,20+,24+/m0/s1. The zero-order chi connectivity index (χ0) is 32.4. The van der Waals surface area contributed by atoms with E-state index in [2.05, 4.69) is 25.3 Å². The fourth-order valence-electron chi connectivity index (χ4n) is 5.71. The highest BCUT2D eigenvalue weighted by Crippen LogP contribution is 2.35. The van der Waals surface area contributed by atoms with Crippen LogP contribution in [-0.4, -0.2) is 110 Å². The van der Waals surface area contributed by atoms with Crippen LogP contribution in [0.2, 0.25) is 0 Å². The second kappa shape index (κ2) is 13.7. The largest absolute Gasteiger partial charge is 0.480 e. The van der Waals surface area contributed by atoms with Crippen LogP contribution in [0, 0.1) is 5.92 Å². The number of nitrogens with one attached hydrogen (secondary N) is 1. The first-order chi connectivity index (χ1) is 21.5. The van der Waals surface area contributed by atoms with Crippen LogP contribution in [-0.2, 0) is 20.8 Å². The molecule has 3 aromatic heterocycles. The van der Waals surface area contributed by atoms with E-state index < -0.39 is 67.3 Å². The molecule has 12 N–H and O–H groups in total. The Labute approximate surface area is 255 Å². The van der Waals surface area contributed by atoms with Crippen LogP contribution in [0.3, 0.4) is 0 Å². The van der Waals surface area contributed by atoms with Gasteiger partial charge in [-0.2, -0.15) is 4.98 Å². The molecule has 0 spiro atoms.